The molecule has 0 spiro atoms. The van der Waals surface area contributed by atoms with Crippen molar-refractivity contribution in [2.75, 3.05) is 26.2 Å². The van der Waals surface area contributed by atoms with Crippen LogP contribution in [0.25, 0.3) is 0 Å². The maximum Gasteiger partial charge on any atom is 0.260 e. The molecule has 2 aliphatic rings. The van der Waals surface area contributed by atoms with E-state index in [4.69, 9.17) is 0 Å². The summed E-state index contributed by atoms with van der Waals surface area (Å²) < 4.78 is 0. The van der Waals surface area contributed by atoms with Crippen molar-refractivity contribution >= 4 is 11.9 Å². The minimum atomic E-state index is 0.0740. The molecule has 0 saturated carbocycles. The molecule has 0 unspecified atom stereocenters. The van der Waals surface area contributed by atoms with Gasteiger partial charge in [0.1, 0.15) is 0 Å². The van der Waals surface area contributed by atoms with E-state index in [-0.39, 0.29) is 5.91 Å². The van der Waals surface area contributed by atoms with E-state index in [0.29, 0.717) is 6.54 Å². The Morgan fingerprint density at radius 2 is 1.81 bits per heavy atom. The zero-order valence-corrected chi connectivity index (χ0v) is 12.9. The van der Waals surface area contributed by atoms with Crippen molar-refractivity contribution in [3.63, 3.8) is 0 Å². The van der Waals surface area contributed by atoms with Gasteiger partial charge in [-0.2, -0.15) is 0 Å². The Morgan fingerprint density at radius 1 is 1.14 bits per heavy atom. The highest BCUT2D eigenvalue weighted by Gasteiger charge is 2.30. The van der Waals surface area contributed by atoms with Crippen LogP contribution < -0.4 is 0 Å². The predicted molar refractivity (Wildman–Crippen MR) is 84.5 cm³/mol. The number of hydrogen-bond acceptors (Lipinski definition) is 3. The number of carbonyl (C=O) groups is 1. The molecule has 0 bridgehead atoms. The minimum absolute atomic E-state index is 0.0740. The van der Waals surface area contributed by atoms with Crippen LogP contribution in [0.2, 0.25) is 0 Å². The topological polar surface area (TPSA) is 35.9 Å². The minimum Gasteiger partial charge on any atom is -0.342 e. The van der Waals surface area contributed by atoms with Gasteiger partial charge in [-0.3, -0.25) is 14.7 Å². The first-order valence-electron chi connectivity index (χ1n) is 7.83. The van der Waals surface area contributed by atoms with Crippen LogP contribution in [0.4, 0.5) is 0 Å². The molecule has 2 heterocycles. The second-order valence-electron chi connectivity index (χ2n) is 6.17. The van der Waals surface area contributed by atoms with Crippen molar-refractivity contribution in [2.24, 2.45) is 10.9 Å². The lowest BCUT2D eigenvalue weighted by atomic mass is 9.99. The smallest absolute Gasteiger partial charge is 0.260 e. The molecule has 2 aliphatic heterocycles. The van der Waals surface area contributed by atoms with E-state index in [1.165, 1.54) is 18.4 Å². The first-order valence-corrected chi connectivity index (χ1v) is 7.83. The van der Waals surface area contributed by atoms with Crippen molar-refractivity contribution in [1.29, 1.82) is 0 Å². The Balaban J connectivity index is 1.74. The van der Waals surface area contributed by atoms with Gasteiger partial charge in [0.25, 0.3) is 5.91 Å². The molecular formula is C17H23N3O. The van der Waals surface area contributed by atoms with Crippen LogP contribution >= 0.6 is 0 Å². The molecule has 1 aromatic rings. The van der Waals surface area contributed by atoms with Gasteiger partial charge in [0.2, 0.25) is 5.96 Å². The number of hydrogen-bond donors (Lipinski definition) is 0. The fourth-order valence-corrected chi connectivity index (χ4v) is 2.96. The van der Waals surface area contributed by atoms with E-state index < -0.39 is 0 Å². The van der Waals surface area contributed by atoms with Gasteiger partial charge in [0, 0.05) is 25.2 Å². The van der Waals surface area contributed by atoms with Crippen molar-refractivity contribution in [3.05, 3.63) is 35.4 Å². The number of aliphatic imine (C=N–C) groups is 1. The highest BCUT2D eigenvalue weighted by molar-refractivity contribution is 6.06. The quantitative estimate of drug-likeness (QED) is 0.795. The Morgan fingerprint density at radius 3 is 2.48 bits per heavy atom. The number of piperidine rings is 1. The first kappa shape index (κ1) is 14.1. The van der Waals surface area contributed by atoms with Gasteiger partial charge >= 0.3 is 0 Å². The summed E-state index contributed by atoms with van der Waals surface area (Å²) in [5.41, 5.74) is 1.92. The highest BCUT2D eigenvalue weighted by Crippen LogP contribution is 2.20. The molecule has 4 heteroatoms. The fraction of sp³-hybridized carbons (Fsp3) is 0.529. The maximum absolute atomic E-state index is 12.7. The predicted octanol–water partition coefficient (Wildman–Crippen LogP) is 2.54. The molecule has 1 fully saturated rings. The lowest BCUT2D eigenvalue weighted by molar-refractivity contribution is 0.0839. The SMILES string of the molecule is Cc1ccc(C(=O)N2CCN=C2N2CCC(C)CC2)cc1. The van der Waals surface area contributed by atoms with Gasteiger partial charge in [0.15, 0.2) is 0 Å². The zero-order valence-electron chi connectivity index (χ0n) is 12.9. The van der Waals surface area contributed by atoms with Crippen LogP contribution in [0.15, 0.2) is 29.3 Å². The van der Waals surface area contributed by atoms with E-state index in [2.05, 4.69) is 16.8 Å². The van der Waals surface area contributed by atoms with Gasteiger partial charge in [-0.05, 0) is 37.8 Å². The lowest BCUT2D eigenvalue weighted by Crippen LogP contribution is -2.47. The van der Waals surface area contributed by atoms with Crippen molar-refractivity contribution < 1.29 is 4.79 Å². The van der Waals surface area contributed by atoms with Gasteiger partial charge in [0.05, 0.1) is 6.54 Å². The molecular weight excluding hydrogens is 262 g/mol. The van der Waals surface area contributed by atoms with E-state index in [1.54, 1.807) is 0 Å². The summed E-state index contributed by atoms with van der Waals surface area (Å²) >= 11 is 0. The van der Waals surface area contributed by atoms with Crippen molar-refractivity contribution in [2.45, 2.75) is 26.7 Å². The molecule has 1 aromatic carbocycles. The molecule has 1 amide bonds. The standard InChI is InChI=1S/C17H23N3O/c1-13-3-5-15(6-4-13)16(21)20-12-9-18-17(20)19-10-7-14(2)8-11-19/h3-6,14H,7-12H2,1-2H3. The number of rotatable bonds is 1. The summed E-state index contributed by atoms with van der Waals surface area (Å²) in [6.07, 6.45) is 2.37. The van der Waals surface area contributed by atoms with Crippen LogP contribution in [-0.4, -0.2) is 47.8 Å². The van der Waals surface area contributed by atoms with E-state index >= 15 is 0 Å². The molecule has 0 aliphatic carbocycles. The third kappa shape index (κ3) is 2.94. The average Bonchev–Trinajstić information content (AvgIpc) is 2.97. The summed E-state index contributed by atoms with van der Waals surface area (Å²) in [7, 11) is 0. The van der Waals surface area contributed by atoms with Crippen LogP contribution in [0.3, 0.4) is 0 Å². The van der Waals surface area contributed by atoms with E-state index in [1.807, 2.05) is 36.1 Å². The molecule has 4 nitrogen and oxygen atoms in total. The summed E-state index contributed by atoms with van der Waals surface area (Å²) in [4.78, 5) is 21.4. The molecule has 0 radical (unpaired) electrons. The molecule has 1 saturated heterocycles. The Labute approximate surface area is 126 Å². The second-order valence-corrected chi connectivity index (χ2v) is 6.17. The fourth-order valence-electron chi connectivity index (χ4n) is 2.96. The Bertz CT molecular complexity index is 542. The van der Waals surface area contributed by atoms with Crippen LogP contribution in [0, 0.1) is 12.8 Å². The van der Waals surface area contributed by atoms with Crippen molar-refractivity contribution in [1.82, 2.24) is 9.80 Å². The highest BCUT2D eigenvalue weighted by atomic mass is 16.2. The van der Waals surface area contributed by atoms with Crippen LogP contribution in [0.1, 0.15) is 35.7 Å². The second kappa shape index (κ2) is 5.88. The number of aryl methyl sites for hydroxylation is 1. The normalized spacial score (nSPS) is 19.8. The van der Waals surface area contributed by atoms with Gasteiger partial charge in [-0.15, -0.1) is 0 Å². The summed E-state index contributed by atoms with van der Waals surface area (Å²) in [5.74, 6) is 1.74. The first-order chi connectivity index (χ1) is 10.1. The lowest BCUT2D eigenvalue weighted by Gasteiger charge is -2.34. The molecule has 0 aromatic heterocycles. The van der Waals surface area contributed by atoms with Crippen LogP contribution in [0.5, 0.6) is 0 Å². The number of guanidine groups is 1. The number of benzene rings is 1. The largest absolute Gasteiger partial charge is 0.342 e. The van der Waals surface area contributed by atoms with Crippen molar-refractivity contribution in [3.8, 4) is 0 Å². The monoisotopic (exact) mass is 285 g/mol. The van der Waals surface area contributed by atoms with Gasteiger partial charge < -0.3 is 4.90 Å². The van der Waals surface area contributed by atoms with E-state index in [9.17, 15) is 4.79 Å². The Kier molecular flexibility index (Phi) is 3.95. The maximum atomic E-state index is 12.7. The molecule has 21 heavy (non-hydrogen) atoms. The van der Waals surface area contributed by atoms with Crippen LogP contribution in [-0.2, 0) is 0 Å². The summed E-state index contributed by atoms with van der Waals surface area (Å²) in [5, 5.41) is 0. The summed E-state index contributed by atoms with van der Waals surface area (Å²) in [6, 6.07) is 7.79. The summed E-state index contributed by atoms with van der Waals surface area (Å²) in [6.45, 7) is 7.78. The Hall–Kier alpha value is -1.84. The number of nitrogens with zero attached hydrogens (tertiary/aromatic N) is 3. The molecule has 0 atom stereocenters. The van der Waals surface area contributed by atoms with Gasteiger partial charge in [-0.25, -0.2) is 0 Å². The van der Waals surface area contributed by atoms with E-state index in [0.717, 1.165) is 37.1 Å². The zero-order chi connectivity index (χ0) is 14.8. The number of carbonyl (C=O) groups excluding carboxylic acids is 1. The molecule has 112 valence electrons. The number of amides is 1. The average molecular weight is 285 g/mol. The third-order valence-corrected chi connectivity index (χ3v) is 4.43. The molecule has 3 rings (SSSR count). The molecule has 0 N–H and O–H groups in total. The number of likely N-dealkylation sites (tertiary alicyclic amines) is 1. The van der Waals surface area contributed by atoms with Gasteiger partial charge in [-0.1, -0.05) is 24.6 Å². The third-order valence-electron chi connectivity index (χ3n) is 4.43.